The summed E-state index contributed by atoms with van der Waals surface area (Å²) in [5, 5.41) is 0. The van der Waals surface area contributed by atoms with Gasteiger partial charge >= 0.3 is 5.97 Å². The van der Waals surface area contributed by atoms with Crippen molar-refractivity contribution < 1.29 is 14.3 Å². The van der Waals surface area contributed by atoms with Crippen LogP contribution in [0.2, 0.25) is 0 Å². The molecule has 1 aromatic carbocycles. The van der Waals surface area contributed by atoms with Crippen LogP contribution in [0.15, 0.2) is 24.3 Å². The zero-order valence-electron chi connectivity index (χ0n) is 11.0. The summed E-state index contributed by atoms with van der Waals surface area (Å²) in [5.41, 5.74) is 7.55. The molecule has 1 aliphatic heterocycles. The van der Waals surface area contributed by atoms with Gasteiger partial charge in [0, 0.05) is 5.69 Å². The van der Waals surface area contributed by atoms with E-state index in [9.17, 15) is 9.59 Å². The zero-order valence-corrected chi connectivity index (χ0v) is 11.0. The van der Waals surface area contributed by atoms with Crippen LogP contribution in [0, 0.1) is 0 Å². The molecule has 0 spiro atoms. The molecule has 2 rings (SSSR count). The number of hydrogen-bond donors (Lipinski definition) is 1. The molecule has 1 aromatic rings. The Hall–Kier alpha value is -1.88. The minimum atomic E-state index is -0.589. The predicted octanol–water partition coefficient (Wildman–Crippen LogP) is 0.856. The molecule has 0 bridgehead atoms. The Labute approximate surface area is 112 Å². The van der Waals surface area contributed by atoms with E-state index in [0.717, 1.165) is 17.7 Å². The average molecular weight is 262 g/mol. The van der Waals surface area contributed by atoms with Gasteiger partial charge in [-0.15, -0.1) is 0 Å². The van der Waals surface area contributed by atoms with E-state index in [-0.39, 0.29) is 12.5 Å². The zero-order chi connectivity index (χ0) is 13.8. The van der Waals surface area contributed by atoms with Gasteiger partial charge in [-0.1, -0.05) is 25.1 Å². The monoisotopic (exact) mass is 262 g/mol. The predicted molar refractivity (Wildman–Crippen MR) is 71.7 cm³/mol. The summed E-state index contributed by atoms with van der Waals surface area (Å²) in [6.45, 7) is 2.21. The van der Waals surface area contributed by atoms with Crippen molar-refractivity contribution in [2.75, 3.05) is 18.1 Å². The van der Waals surface area contributed by atoms with Crippen LogP contribution in [0.4, 0.5) is 5.69 Å². The maximum Gasteiger partial charge on any atom is 0.326 e. The van der Waals surface area contributed by atoms with Crippen molar-refractivity contribution in [2.24, 2.45) is 5.73 Å². The molecule has 102 valence electrons. The van der Waals surface area contributed by atoms with Crippen LogP contribution in [0.5, 0.6) is 0 Å². The molecule has 1 unspecified atom stereocenters. The molecule has 2 N–H and O–H groups in total. The summed E-state index contributed by atoms with van der Waals surface area (Å²) in [6.07, 6.45) is 1.27. The number of amides is 1. The molecule has 1 amide bonds. The summed E-state index contributed by atoms with van der Waals surface area (Å²) in [6, 6.07) is 6.90. The van der Waals surface area contributed by atoms with Crippen molar-refractivity contribution in [2.45, 2.75) is 25.8 Å². The highest BCUT2D eigenvalue weighted by Crippen LogP contribution is 2.26. The standard InChI is InChI=1S/C14H18N2O3/c1-2-7-19-13(17)9-16-12-6-4-3-5-10(12)8-11(15)14(16)18/h3-6,11H,2,7-9,15H2,1H3. The summed E-state index contributed by atoms with van der Waals surface area (Å²) in [7, 11) is 0. The van der Waals surface area contributed by atoms with Gasteiger partial charge in [0.1, 0.15) is 6.54 Å². The van der Waals surface area contributed by atoms with E-state index in [1.54, 1.807) is 0 Å². The number of hydrogen-bond acceptors (Lipinski definition) is 4. The fourth-order valence-corrected chi connectivity index (χ4v) is 2.14. The summed E-state index contributed by atoms with van der Waals surface area (Å²) in [5.74, 6) is -0.633. The molecule has 0 radical (unpaired) electrons. The third kappa shape index (κ3) is 2.93. The number of benzene rings is 1. The summed E-state index contributed by atoms with van der Waals surface area (Å²) < 4.78 is 5.02. The molecule has 1 aliphatic rings. The number of carbonyl (C=O) groups is 2. The second-order valence-electron chi connectivity index (χ2n) is 4.58. The maximum absolute atomic E-state index is 12.1. The Morgan fingerprint density at radius 3 is 2.95 bits per heavy atom. The van der Waals surface area contributed by atoms with E-state index in [1.807, 2.05) is 31.2 Å². The Morgan fingerprint density at radius 1 is 1.47 bits per heavy atom. The van der Waals surface area contributed by atoms with E-state index < -0.39 is 12.0 Å². The highest BCUT2D eigenvalue weighted by Gasteiger charge is 2.31. The molecule has 1 atom stereocenters. The van der Waals surface area contributed by atoms with Crippen LogP contribution in [0.25, 0.3) is 0 Å². The van der Waals surface area contributed by atoms with Gasteiger partial charge in [-0.05, 0) is 24.5 Å². The topological polar surface area (TPSA) is 72.6 Å². The number of para-hydroxylation sites is 1. The Kier molecular flexibility index (Phi) is 4.16. The van der Waals surface area contributed by atoms with E-state index >= 15 is 0 Å². The lowest BCUT2D eigenvalue weighted by molar-refractivity contribution is -0.143. The number of nitrogens with zero attached hydrogens (tertiary/aromatic N) is 1. The number of fused-ring (bicyclic) bond motifs is 1. The van der Waals surface area contributed by atoms with Crippen LogP contribution < -0.4 is 10.6 Å². The first-order chi connectivity index (χ1) is 9.13. The second kappa shape index (κ2) is 5.84. The number of rotatable bonds is 4. The van der Waals surface area contributed by atoms with Crippen molar-refractivity contribution in [1.82, 2.24) is 0 Å². The number of carbonyl (C=O) groups excluding carboxylic acids is 2. The molecule has 19 heavy (non-hydrogen) atoms. The van der Waals surface area contributed by atoms with Gasteiger partial charge < -0.3 is 10.5 Å². The van der Waals surface area contributed by atoms with Gasteiger partial charge in [-0.2, -0.15) is 0 Å². The van der Waals surface area contributed by atoms with Gasteiger partial charge in [-0.3, -0.25) is 14.5 Å². The van der Waals surface area contributed by atoms with Gasteiger partial charge in [0.2, 0.25) is 5.91 Å². The highest BCUT2D eigenvalue weighted by atomic mass is 16.5. The van der Waals surface area contributed by atoms with E-state index in [4.69, 9.17) is 10.5 Å². The van der Waals surface area contributed by atoms with E-state index in [0.29, 0.717) is 13.0 Å². The largest absolute Gasteiger partial charge is 0.464 e. The molecule has 0 saturated heterocycles. The van der Waals surface area contributed by atoms with Crippen molar-refractivity contribution in [3.05, 3.63) is 29.8 Å². The SMILES string of the molecule is CCCOC(=O)CN1C(=O)C(N)Cc2ccccc21. The first-order valence-electron chi connectivity index (χ1n) is 6.44. The van der Waals surface area contributed by atoms with Crippen LogP contribution in [0.3, 0.4) is 0 Å². The smallest absolute Gasteiger partial charge is 0.326 e. The molecule has 0 aromatic heterocycles. The van der Waals surface area contributed by atoms with Crippen LogP contribution >= 0.6 is 0 Å². The molecular weight excluding hydrogens is 244 g/mol. The minimum Gasteiger partial charge on any atom is -0.464 e. The van der Waals surface area contributed by atoms with Crippen molar-refractivity contribution in [1.29, 1.82) is 0 Å². The molecule has 5 nitrogen and oxygen atoms in total. The fourth-order valence-electron chi connectivity index (χ4n) is 2.14. The number of anilines is 1. The Bertz CT molecular complexity index is 487. The van der Waals surface area contributed by atoms with Crippen molar-refractivity contribution in [3.63, 3.8) is 0 Å². The molecular formula is C14H18N2O3. The fraction of sp³-hybridized carbons (Fsp3) is 0.429. The van der Waals surface area contributed by atoms with Crippen LogP contribution in [0.1, 0.15) is 18.9 Å². The van der Waals surface area contributed by atoms with E-state index in [1.165, 1.54) is 4.90 Å². The van der Waals surface area contributed by atoms with Gasteiger partial charge in [0.05, 0.1) is 12.6 Å². The molecule has 0 saturated carbocycles. The summed E-state index contributed by atoms with van der Waals surface area (Å²) >= 11 is 0. The molecule has 0 fully saturated rings. The van der Waals surface area contributed by atoms with Crippen LogP contribution in [-0.2, 0) is 20.7 Å². The number of esters is 1. The lowest BCUT2D eigenvalue weighted by atomic mass is 9.98. The normalized spacial score (nSPS) is 18.1. The molecule has 0 aliphatic carbocycles. The quantitative estimate of drug-likeness (QED) is 0.817. The summed E-state index contributed by atoms with van der Waals surface area (Å²) in [4.78, 5) is 25.2. The Balaban J connectivity index is 2.18. The average Bonchev–Trinajstić information content (AvgIpc) is 2.41. The minimum absolute atomic E-state index is 0.0798. The van der Waals surface area contributed by atoms with Crippen LogP contribution in [-0.4, -0.2) is 31.1 Å². The lowest BCUT2D eigenvalue weighted by Crippen LogP contribution is -2.50. The highest BCUT2D eigenvalue weighted by molar-refractivity contribution is 6.03. The van der Waals surface area contributed by atoms with Crippen molar-refractivity contribution >= 4 is 17.6 Å². The first-order valence-corrected chi connectivity index (χ1v) is 6.44. The molecule has 1 heterocycles. The van der Waals surface area contributed by atoms with Crippen molar-refractivity contribution in [3.8, 4) is 0 Å². The first kappa shape index (κ1) is 13.5. The van der Waals surface area contributed by atoms with Gasteiger partial charge in [0.25, 0.3) is 0 Å². The third-order valence-electron chi connectivity index (χ3n) is 3.06. The van der Waals surface area contributed by atoms with E-state index in [2.05, 4.69) is 0 Å². The maximum atomic E-state index is 12.1. The van der Waals surface area contributed by atoms with Gasteiger partial charge in [-0.25, -0.2) is 0 Å². The number of nitrogens with two attached hydrogens (primary N) is 1. The Morgan fingerprint density at radius 2 is 2.21 bits per heavy atom. The number of ether oxygens (including phenoxy) is 1. The molecule has 5 heteroatoms. The second-order valence-corrected chi connectivity index (χ2v) is 4.58. The van der Waals surface area contributed by atoms with Gasteiger partial charge in [0.15, 0.2) is 0 Å². The lowest BCUT2D eigenvalue weighted by Gasteiger charge is -2.31. The third-order valence-corrected chi connectivity index (χ3v) is 3.06.